The van der Waals surface area contributed by atoms with Crippen molar-refractivity contribution in [1.82, 2.24) is 9.97 Å². The molecule has 0 aliphatic carbocycles. The maximum atomic E-state index is 5.95. The fourth-order valence-electron chi connectivity index (χ4n) is 1.17. The molecule has 2 aromatic rings. The summed E-state index contributed by atoms with van der Waals surface area (Å²) < 4.78 is 5.44. The summed E-state index contributed by atoms with van der Waals surface area (Å²) in [4.78, 5) is 8.08. The average molecular weight is 236 g/mol. The van der Waals surface area contributed by atoms with E-state index >= 15 is 0 Å². The van der Waals surface area contributed by atoms with Gasteiger partial charge in [-0.25, -0.2) is 9.97 Å². The Hall–Kier alpha value is -1.81. The summed E-state index contributed by atoms with van der Waals surface area (Å²) in [5.41, 5.74) is 7.03. The predicted octanol–water partition coefficient (Wildman–Crippen LogP) is 2.81. The third-order valence-electron chi connectivity index (χ3n) is 1.93. The van der Waals surface area contributed by atoms with Gasteiger partial charge < -0.3 is 10.5 Å². The summed E-state index contributed by atoms with van der Waals surface area (Å²) in [7, 11) is 0. The predicted molar refractivity (Wildman–Crippen MR) is 62.7 cm³/mol. The lowest BCUT2D eigenvalue weighted by Gasteiger charge is -2.06. The van der Waals surface area contributed by atoms with Gasteiger partial charge in [-0.3, -0.25) is 0 Å². The van der Waals surface area contributed by atoms with Gasteiger partial charge in [0, 0.05) is 23.6 Å². The third-order valence-corrected chi connectivity index (χ3v) is 2.24. The molecule has 2 N–H and O–H groups in total. The van der Waals surface area contributed by atoms with E-state index in [9.17, 15) is 0 Å². The van der Waals surface area contributed by atoms with E-state index in [0.29, 0.717) is 16.5 Å². The van der Waals surface area contributed by atoms with Crippen LogP contribution in [0.3, 0.4) is 0 Å². The summed E-state index contributed by atoms with van der Waals surface area (Å²) in [6, 6.07) is 7.04. The monoisotopic (exact) mass is 235 g/mol. The second kappa shape index (κ2) is 4.37. The molecule has 0 aliphatic rings. The molecule has 0 saturated carbocycles. The fraction of sp³-hybridized carbons (Fsp3) is 0.0909. The van der Waals surface area contributed by atoms with Gasteiger partial charge in [-0.1, -0.05) is 11.6 Å². The summed E-state index contributed by atoms with van der Waals surface area (Å²) >= 11 is 5.95. The van der Waals surface area contributed by atoms with E-state index in [2.05, 4.69) is 9.97 Å². The molecule has 16 heavy (non-hydrogen) atoms. The van der Waals surface area contributed by atoms with Crippen molar-refractivity contribution in [2.45, 2.75) is 6.92 Å². The standard InChI is InChI=1S/C11H10ClN3O/c1-7-4-5-14-11(15-7)16-10-6-8(13)2-3-9(10)12/h2-6H,13H2,1H3. The van der Waals surface area contributed by atoms with Crippen LogP contribution in [0.4, 0.5) is 5.69 Å². The van der Waals surface area contributed by atoms with E-state index in [4.69, 9.17) is 22.1 Å². The zero-order valence-corrected chi connectivity index (χ0v) is 9.40. The number of aryl methyl sites for hydroxylation is 1. The fourth-order valence-corrected chi connectivity index (χ4v) is 1.33. The summed E-state index contributed by atoms with van der Waals surface area (Å²) in [6.07, 6.45) is 1.62. The van der Waals surface area contributed by atoms with Gasteiger partial charge in [0.2, 0.25) is 0 Å². The highest BCUT2D eigenvalue weighted by atomic mass is 35.5. The summed E-state index contributed by atoms with van der Waals surface area (Å²) in [5.74, 6) is 0.451. The van der Waals surface area contributed by atoms with Gasteiger partial charge in [-0.05, 0) is 25.1 Å². The van der Waals surface area contributed by atoms with Crippen LogP contribution in [0.15, 0.2) is 30.5 Å². The maximum Gasteiger partial charge on any atom is 0.322 e. The Kier molecular flexibility index (Phi) is 2.92. The minimum Gasteiger partial charge on any atom is -0.423 e. The molecule has 0 aliphatic heterocycles. The van der Waals surface area contributed by atoms with Crippen molar-refractivity contribution in [2.75, 3.05) is 5.73 Å². The molecule has 1 aromatic carbocycles. The number of hydrogen-bond donors (Lipinski definition) is 1. The van der Waals surface area contributed by atoms with E-state index in [0.717, 1.165) is 5.69 Å². The highest BCUT2D eigenvalue weighted by molar-refractivity contribution is 6.32. The van der Waals surface area contributed by atoms with Crippen LogP contribution in [-0.2, 0) is 0 Å². The topological polar surface area (TPSA) is 61.0 Å². The number of nitrogen functional groups attached to an aromatic ring is 1. The number of aromatic nitrogens is 2. The SMILES string of the molecule is Cc1ccnc(Oc2cc(N)ccc2Cl)n1. The van der Waals surface area contributed by atoms with Crippen molar-refractivity contribution in [2.24, 2.45) is 0 Å². The van der Waals surface area contributed by atoms with Crippen molar-refractivity contribution in [3.8, 4) is 11.8 Å². The number of halogens is 1. The minimum absolute atomic E-state index is 0.257. The van der Waals surface area contributed by atoms with Crippen LogP contribution in [0.25, 0.3) is 0 Å². The molecule has 0 radical (unpaired) electrons. The first-order valence-electron chi connectivity index (χ1n) is 4.67. The number of rotatable bonds is 2. The van der Waals surface area contributed by atoms with Crippen molar-refractivity contribution < 1.29 is 4.74 Å². The number of nitrogens with two attached hydrogens (primary N) is 1. The van der Waals surface area contributed by atoms with Crippen LogP contribution < -0.4 is 10.5 Å². The van der Waals surface area contributed by atoms with Crippen molar-refractivity contribution >= 4 is 17.3 Å². The van der Waals surface area contributed by atoms with Crippen LogP contribution in [0.2, 0.25) is 5.02 Å². The smallest absolute Gasteiger partial charge is 0.322 e. The molecule has 0 fully saturated rings. The van der Waals surface area contributed by atoms with Gasteiger partial charge in [-0.15, -0.1) is 0 Å². The lowest BCUT2D eigenvalue weighted by Crippen LogP contribution is -1.94. The van der Waals surface area contributed by atoms with Gasteiger partial charge in [0.05, 0.1) is 5.02 Å². The normalized spacial score (nSPS) is 10.1. The van der Waals surface area contributed by atoms with Crippen LogP contribution in [0.5, 0.6) is 11.8 Å². The molecule has 0 bridgehead atoms. The second-order valence-corrected chi connectivity index (χ2v) is 3.68. The zero-order valence-electron chi connectivity index (χ0n) is 8.64. The number of hydrogen-bond acceptors (Lipinski definition) is 4. The molecule has 2 rings (SSSR count). The highest BCUT2D eigenvalue weighted by Crippen LogP contribution is 2.29. The molecule has 0 spiro atoms. The number of ether oxygens (including phenoxy) is 1. The van der Waals surface area contributed by atoms with E-state index in [1.807, 2.05) is 6.92 Å². The molecule has 1 aromatic heterocycles. The number of benzene rings is 1. The van der Waals surface area contributed by atoms with Gasteiger partial charge >= 0.3 is 6.01 Å². The van der Waals surface area contributed by atoms with Gasteiger partial charge in [-0.2, -0.15) is 0 Å². The molecule has 0 saturated heterocycles. The molecule has 0 atom stereocenters. The molecular weight excluding hydrogens is 226 g/mol. The Morgan fingerprint density at radius 3 is 2.88 bits per heavy atom. The molecular formula is C11H10ClN3O. The van der Waals surface area contributed by atoms with Crippen LogP contribution in [-0.4, -0.2) is 9.97 Å². The second-order valence-electron chi connectivity index (χ2n) is 3.27. The average Bonchev–Trinajstić information content (AvgIpc) is 2.24. The van der Waals surface area contributed by atoms with Crippen LogP contribution in [0, 0.1) is 6.92 Å². The highest BCUT2D eigenvalue weighted by Gasteiger charge is 2.05. The molecule has 82 valence electrons. The first kappa shape index (κ1) is 10.7. The number of anilines is 1. The molecule has 1 heterocycles. The quantitative estimate of drug-likeness (QED) is 0.813. The van der Waals surface area contributed by atoms with E-state index < -0.39 is 0 Å². The molecule has 0 unspecified atom stereocenters. The van der Waals surface area contributed by atoms with E-state index in [1.165, 1.54) is 0 Å². The van der Waals surface area contributed by atoms with Gasteiger partial charge in [0.1, 0.15) is 0 Å². The molecule has 5 heteroatoms. The Morgan fingerprint density at radius 2 is 2.12 bits per heavy atom. The maximum absolute atomic E-state index is 5.95. The van der Waals surface area contributed by atoms with Crippen LogP contribution >= 0.6 is 11.6 Å². The minimum atomic E-state index is 0.257. The number of nitrogens with zero attached hydrogens (tertiary/aromatic N) is 2. The van der Waals surface area contributed by atoms with Crippen molar-refractivity contribution in [3.05, 3.63) is 41.2 Å². The van der Waals surface area contributed by atoms with Crippen molar-refractivity contribution in [1.29, 1.82) is 0 Å². The lowest BCUT2D eigenvalue weighted by atomic mass is 10.3. The Balaban J connectivity index is 2.30. The third kappa shape index (κ3) is 2.41. The van der Waals surface area contributed by atoms with Crippen LogP contribution in [0.1, 0.15) is 5.69 Å². The lowest BCUT2D eigenvalue weighted by molar-refractivity contribution is 0.441. The van der Waals surface area contributed by atoms with Crippen molar-refractivity contribution in [3.63, 3.8) is 0 Å². The Labute approximate surface area is 98.0 Å². The first-order chi connectivity index (χ1) is 7.65. The Morgan fingerprint density at radius 1 is 1.31 bits per heavy atom. The molecule has 4 nitrogen and oxygen atoms in total. The largest absolute Gasteiger partial charge is 0.423 e. The van der Waals surface area contributed by atoms with E-state index in [-0.39, 0.29) is 6.01 Å². The Bertz CT molecular complexity index is 516. The molecule has 0 amide bonds. The van der Waals surface area contributed by atoms with E-state index in [1.54, 1.807) is 30.5 Å². The summed E-state index contributed by atoms with van der Waals surface area (Å²) in [5, 5.41) is 0.472. The zero-order chi connectivity index (χ0) is 11.5. The van der Waals surface area contributed by atoms with Gasteiger partial charge in [0.15, 0.2) is 5.75 Å². The summed E-state index contributed by atoms with van der Waals surface area (Å²) in [6.45, 7) is 1.86. The van der Waals surface area contributed by atoms with Gasteiger partial charge in [0.25, 0.3) is 0 Å². The first-order valence-corrected chi connectivity index (χ1v) is 5.05.